The number of nitrogens with two attached hydrogens (primary N) is 1. The fourth-order valence-corrected chi connectivity index (χ4v) is 2.79. The molecule has 0 spiro atoms. The number of nitrogens with zero attached hydrogens (tertiary/aromatic N) is 2. The van der Waals surface area contributed by atoms with Crippen LogP contribution >= 0.6 is 0 Å². The van der Waals surface area contributed by atoms with Crippen LogP contribution in [0.1, 0.15) is 47.2 Å². The summed E-state index contributed by atoms with van der Waals surface area (Å²) >= 11 is 0. The summed E-state index contributed by atoms with van der Waals surface area (Å²) in [5.41, 5.74) is 6.15. The maximum absolute atomic E-state index is 12.5. The minimum absolute atomic E-state index is 0.0960. The Kier molecular flexibility index (Phi) is 4.27. The summed E-state index contributed by atoms with van der Waals surface area (Å²) in [6.45, 7) is 0.664. The van der Waals surface area contributed by atoms with Gasteiger partial charge in [-0.2, -0.15) is 5.10 Å². The molecule has 2 aromatic heterocycles. The second-order valence-electron chi connectivity index (χ2n) is 5.46. The average Bonchev–Trinajstić information content (AvgIpc) is 3.24. The van der Waals surface area contributed by atoms with Crippen LogP contribution in [-0.4, -0.2) is 33.5 Å². The number of hydrogen-bond acceptors (Lipinski definition) is 4. The standard InChI is InChI=1S/C16H18N4O3/c17-16(22)13-10-12(18-19-13)14-5-1-2-8-20(14)15(21)7-6-11-4-3-9-23-11/h3-4,6-7,9-10,14H,1-2,5,8H2,(H2,17,22)(H,18,19). The Hall–Kier alpha value is -2.83. The van der Waals surface area contributed by atoms with Gasteiger partial charge in [0.05, 0.1) is 18.0 Å². The van der Waals surface area contributed by atoms with E-state index in [4.69, 9.17) is 10.2 Å². The van der Waals surface area contributed by atoms with Crippen molar-refractivity contribution < 1.29 is 14.0 Å². The first-order chi connectivity index (χ1) is 11.1. The highest BCUT2D eigenvalue weighted by Gasteiger charge is 2.28. The Morgan fingerprint density at radius 3 is 3.00 bits per heavy atom. The van der Waals surface area contributed by atoms with Gasteiger partial charge in [-0.05, 0) is 43.5 Å². The van der Waals surface area contributed by atoms with Crippen molar-refractivity contribution in [2.24, 2.45) is 5.73 Å². The molecule has 23 heavy (non-hydrogen) atoms. The Labute approximate surface area is 133 Å². The van der Waals surface area contributed by atoms with Gasteiger partial charge in [0, 0.05) is 12.6 Å². The Morgan fingerprint density at radius 1 is 1.43 bits per heavy atom. The Morgan fingerprint density at radius 2 is 2.30 bits per heavy atom. The summed E-state index contributed by atoms with van der Waals surface area (Å²) < 4.78 is 5.19. The van der Waals surface area contributed by atoms with Crippen molar-refractivity contribution >= 4 is 17.9 Å². The van der Waals surface area contributed by atoms with Gasteiger partial charge < -0.3 is 15.1 Å². The second kappa shape index (κ2) is 6.51. The number of aromatic nitrogens is 2. The van der Waals surface area contributed by atoms with Gasteiger partial charge in [0.2, 0.25) is 5.91 Å². The highest BCUT2D eigenvalue weighted by Crippen LogP contribution is 2.30. The van der Waals surface area contributed by atoms with Crippen LogP contribution in [0.25, 0.3) is 6.08 Å². The molecule has 0 aromatic carbocycles. The Balaban J connectivity index is 1.77. The van der Waals surface area contributed by atoms with Gasteiger partial charge in [-0.25, -0.2) is 0 Å². The van der Waals surface area contributed by atoms with E-state index in [0.717, 1.165) is 25.0 Å². The van der Waals surface area contributed by atoms with E-state index in [9.17, 15) is 9.59 Å². The van der Waals surface area contributed by atoms with Crippen molar-refractivity contribution in [3.63, 3.8) is 0 Å². The molecule has 0 bridgehead atoms. The normalized spacial score (nSPS) is 18.4. The summed E-state index contributed by atoms with van der Waals surface area (Å²) in [5.74, 6) is -0.0512. The average molecular weight is 314 g/mol. The SMILES string of the molecule is NC(=O)c1cc(C2CCCCN2C(=O)C=Cc2ccco2)[nH]n1. The van der Waals surface area contributed by atoms with Crippen molar-refractivity contribution in [3.8, 4) is 0 Å². The lowest BCUT2D eigenvalue weighted by Crippen LogP contribution is -2.37. The molecule has 1 aliphatic rings. The molecular weight excluding hydrogens is 296 g/mol. The van der Waals surface area contributed by atoms with Gasteiger partial charge >= 0.3 is 0 Å². The minimum atomic E-state index is -0.584. The zero-order valence-corrected chi connectivity index (χ0v) is 12.6. The summed E-state index contributed by atoms with van der Waals surface area (Å²) in [5, 5.41) is 6.72. The van der Waals surface area contributed by atoms with E-state index >= 15 is 0 Å². The van der Waals surface area contributed by atoms with Gasteiger partial charge in [-0.15, -0.1) is 0 Å². The number of carbonyl (C=O) groups excluding carboxylic acids is 2. The van der Waals surface area contributed by atoms with Gasteiger partial charge in [0.1, 0.15) is 11.5 Å². The van der Waals surface area contributed by atoms with Crippen molar-refractivity contribution in [2.75, 3.05) is 6.54 Å². The van der Waals surface area contributed by atoms with Crippen LogP contribution < -0.4 is 5.73 Å². The molecule has 2 amide bonds. The van der Waals surface area contributed by atoms with E-state index in [1.165, 1.54) is 6.08 Å². The zero-order valence-electron chi connectivity index (χ0n) is 12.6. The topological polar surface area (TPSA) is 105 Å². The quantitative estimate of drug-likeness (QED) is 0.840. The lowest BCUT2D eigenvalue weighted by atomic mass is 9.99. The molecule has 3 heterocycles. The van der Waals surface area contributed by atoms with Gasteiger partial charge in [0.15, 0.2) is 0 Å². The van der Waals surface area contributed by atoms with Crippen LogP contribution in [-0.2, 0) is 4.79 Å². The predicted molar refractivity (Wildman–Crippen MR) is 83.2 cm³/mol. The molecule has 0 saturated carbocycles. The summed E-state index contributed by atoms with van der Waals surface area (Å²) in [4.78, 5) is 25.5. The molecule has 1 unspecified atom stereocenters. The zero-order chi connectivity index (χ0) is 16.2. The highest BCUT2D eigenvalue weighted by molar-refractivity contribution is 5.92. The smallest absolute Gasteiger partial charge is 0.269 e. The van der Waals surface area contributed by atoms with Crippen LogP contribution in [0.3, 0.4) is 0 Å². The van der Waals surface area contributed by atoms with Crippen LogP contribution in [0.5, 0.6) is 0 Å². The third kappa shape index (κ3) is 3.33. The number of likely N-dealkylation sites (tertiary alicyclic amines) is 1. The van der Waals surface area contributed by atoms with Crippen molar-refractivity contribution in [1.82, 2.24) is 15.1 Å². The van der Waals surface area contributed by atoms with Gasteiger partial charge in [-0.1, -0.05) is 0 Å². The van der Waals surface area contributed by atoms with E-state index in [1.807, 2.05) is 0 Å². The maximum Gasteiger partial charge on any atom is 0.269 e. The van der Waals surface area contributed by atoms with E-state index in [2.05, 4.69) is 10.2 Å². The number of H-pyrrole nitrogens is 1. The molecule has 0 aliphatic carbocycles. The lowest BCUT2D eigenvalue weighted by molar-refractivity contribution is -0.129. The molecule has 7 heteroatoms. The number of rotatable bonds is 4. The molecule has 0 radical (unpaired) electrons. The molecule has 120 valence electrons. The molecule has 1 aliphatic heterocycles. The number of nitrogens with one attached hydrogen (secondary N) is 1. The number of aromatic amines is 1. The summed E-state index contributed by atoms with van der Waals surface area (Å²) in [6.07, 6.45) is 7.50. The van der Waals surface area contributed by atoms with E-state index in [-0.39, 0.29) is 17.6 Å². The molecule has 2 aromatic rings. The lowest BCUT2D eigenvalue weighted by Gasteiger charge is -2.34. The third-order valence-electron chi connectivity index (χ3n) is 3.93. The molecule has 1 atom stereocenters. The first kappa shape index (κ1) is 15.1. The van der Waals surface area contributed by atoms with E-state index in [0.29, 0.717) is 12.3 Å². The summed E-state index contributed by atoms with van der Waals surface area (Å²) in [7, 11) is 0. The summed E-state index contributed by atoms with van der Waals surface area (Å²) in [6, 6.07) is 5.04. The number of hydrogen-bond donors (Lipinski definition) is 2. The molecule has 7 nitrogen and oxygen atoms in total. The number of furan rings is 1. The monoisotopic (exact) mass is 314 g/mol. The largest absolute Gasteiger partial charge is 0.465 e. The first-order valence-corrected chi connectivity index (χ1v) is 7.52. The fraction of sp³-hybridized carbons (Fsp3) is 0.312. The van der Waals surface area contributed by atoms with Crippen LogP contribution in [0.15, 0.2) is 35.0 Å². The molecule has 3 N–H and O–H groups in total. The second-order valence-corrected chi connectivity index (χ2v) is 5.46. The highest BCUT2D eigenvalue weighted by atomic mass is 16.3. The van der Waals surface area contributed by atoms with Gasteiger partial charge in [0.25, 0.3) is 5.91 Å². The van der Waals surface area contributed by atoms with Crippen LogP contribution in [0.2, 0.25) is 0 Å². The van der Waals surface area contributed by atoms with Crippen LogP contribution in [0, 0.1) is 0 Å². The third-order valence-corrected chi connectivity index (χ3v) is 3.93. The van der Waals surface area contributed by atoms with E-state index in [1.54, 1.807) is 35.4 Å². The van der Waals surface area contributed by atoms with Crippen molar-refractivity contribution in [2.45, 2.75) is 25.3 Å². The molecular formula is C16H18N4O3. The van der Waals surface area contributed by atoms with Gasteiger partial charge in [-0.3, -0.25) is 14.7 Å². The number of amides is 2. The van der Waals surface area contributed by atoms with Crippen LogP contribution in [0.4, 0.5) is 0 Å². The van der Waals surface area contributed by atoms with Crippen molar-refractivity contribution in [1.29, 1.82) is 0 Å². The Bertz CT molecular complexity index is 718. The first-order valence-electron chi connectivity index (χ1n) is 7.52. The number of carbonyl (C=O) groups is 2. The fourth-order valence-electron chi connectivity index (χ4n) is 2.79. The molecule has 1 saturated heterocycles. The maximum atomic E-state index is 12.5. The van der Waals surface area contributed by atoms with E-state index < -0.39 is 5.91 Å². The molecule has 1 fully saturated rings. The number of primary amides is 1. The van der Waals surface area contributed by atoms with Crippen molar-refractivity contribution in [3.05, 3.63) is 47.7 Å². The predicted octanol–water partition coefficient (Wildman–Crippen LogP) is 1.87. The minimum Gasteiger partial charge on any atom is -0.465 e. The number of piperidine rings is 1. The molecule has 3 rings (SSSR count).